The third-order valence-electron chi connectivity index (χ3n) is 9.29. The second-order valence-corrected chi connectivity index (χ2v) is 18.8. The molecular weight excluding hydrogens is 783 g/mol. The number of hydrogen-bond acceptors (Lipinski definition) is 12. The Labute approximate surface area is 321 Å². The molecule has 0 aliphatic carbocycles. The number of benzene rings is 4. The second kappa shape index (κ2) is 19.4. The summed E-state index contributed by atoms with van der Waals surface area (Å²) < 4.78 is 88.9. The van der Waals surface area contributed by atoms with Crippen molar-refractivity contribution in [2.24, 2.45) is 0 Å². The molecule has 0 saturated carbocycles. The van der Waals surface area contributed by atoms with Gasteiger partial charge in [0.25, 0.3) is 0 Å². The van der Waals surface area contributed by atoms with Crippen LogP contribution in [0.1, 0.15) is 28.5 Å². The maximum atomic E-state index is 11.9. The molecule has 2 saturated heterocycles. The molecule has 2 aliphatic rings. The van der Waals surface area contributed by atoms with Gasteiger partial charge in [-0.1, -0.05) is 0 Å². The van der Waals surface area contributed by atoms with Gasteiger partial charge in [0, 0.05) is 0 Å². The number of rotatable bonds is 18. The molecule has 6 rings (SSSR count). The molecule has 0 amide bonds. The van der Waals surface area contributed by atoms with Crippen molar-refractivity contribution >= 4 is 24.3 Å². The van der Waals surface area contributed by atoms with Gasteiger partial charge in [-0.2, -0.15) is 0 Å². The van der Waals surface area contributed by atoms with Crippen molar-refractivity contribution in [2.75, 3.05) is 34.5 Å². The molecule has 2 heterocycles. The van der Waals surface area contributed by atoms with Crippen molar-refractivity contribution in [3.63, 3.8) is 0 Å². The molecule has 4 aromatic rings. The predicted octanol–water partition coefficient (Wildman–Crippen LogP) is 6.24. The maximum absolute atomic E-state index is 11.9. The van der Waals surface area contributed by atoms with Crippen molar-refractivity contribution in [3.05, 3.63) is 125 Å². The summed E-state index contributed by atoms with van der Waals surface area (Å²) >= 11 is -1.83. The fourth-order valence-corrected chi connectivity index (χ4v) is 13.1. The molecule has 2 aliphatic heterocycles. The summed E-state index contributed by atoms with van der Waals surface area (Å²) in [6.45, 7) is 1.28. The molecule has 14 heteroatoms. The summed E-state index contributed by atoms with van der Waals surface area (Å²) in [4.78, 5) is -0.0894. The Kier molecular flexibility index (Phi) is 14.4. The van der Waals surface area contributed by atoms with Gasteiger partial charge in [-0.3, -0.25) is 0 Å². The standard InChI is InChI=1S/C40H46O12SSe/c1-44-32-15-9-28(10-16-32)21-47-25-38-39(49-23-30-13-19-34(46-3)20-14-30)37(48-22-29-11-17-33(45-2)18-12-29)27-54(38)26-36-35(52-53(41,42)43)24-50-40(51-36)31-7-5-4-6-8-31/h4-20,35-40H,21-27H2,1-3H3/t35-,36+,37+,38+,39-,40?,54?/m0/s1. The van der Waals surface area contributed by atoms with Gasteiger partial charge < -0.3 is 0 Å². The van der Waals surface area contributed by atoms with E-state index in [1.165, 1.54) is 0 Å². The molecule has 4 aromatic carbocycles. The third kappa shape index (κ3) is 11.3. The molecule has 2 fully saturated rings. The molecule has 2 unspecified atom stereocenters. The third-order valence-corrected chi connectivity index (χ3v) is 15.6. The monoisotopic (exact) mass is 830 g/mol. The Hall–Kier alpha value is -3.53. The van der Waals surface area contributed by atoms with E-state index < -0.39 is 42.8 Å². The Morgan fingerprint density at radius 3 is 1.78 bits per heavy atom. The first kappa shape index (κ1) is 40.1. The molecule has 12 nitrogen and oxygen atoms in total. The number of hydrogen-bond donors (Lipinski definition) is 0. The summed E-state index contributed by atoms with van der Waals surface area (Å²) in [6, 6.07) is 32.6. The first-order valence-electron chi connectivity index (χ1n) is 17.5. The zero-order chi connectivity index (χ0) is 37.9. The molecule has 54 heavy (non-hydrogen) atoms. The fourth-order valence-electron chi connectivity index (χ4n) is 6.41. The van der Waals surface area contributed by atoms with Crippen LogP contribution in [0.4, 0.5) is 0 Å². The molecule has 0 bridgehead atoms. The first-order chi connectivity index (χ1) is 26.2. The zero-order valence-corrected chi connectivity index (χ0v) is 33.0. The van der Waals surface area contributed by atoms with Gasteiger partial charge in [0.1, 0.15) is 0 Å². The number of methoxy groups -OCH3 is 3. The Balaban J connectivity index is 1.27. The molecule has 0 radical (unpaired) electrons. The summed E-state index contributed by atoms with van der Waals surface area (Å²) in [5, 5.41) is 1.13. The van der Waals surface area contributed by atoms with Crippen molar-refractivity contribution in [2.45, 2.75) is 66.0 Å². The average molecular weight is 830 g/mol. The zero-order valence-electron chi connectivity index (χ0n) is 30.4. The minimum absolute atomic E-state index is 0.0894. The van der Waals surface area contributed by atoms with Crippen LogP contribution in [0, 0.1) is 0 Å². The van der Waals surface area contributed by atoms with Gasteiger partial charge in [-0.15, -0.1) is 0 Å². The van der Waals surface area contributed by atoms with E-state index in [1.54, 1.807) is 21.3 Å². The van der Waals surface area contributed by atoms with E-state index in [4.69, 9.17) is 42.1 Å². The predicted molar refractivity (Wildman–Crippen MR) is 199 cm³/mol. The quantitative estimate of drug-likeness (QED) is 0.0638. The van der Waals surface area contributed by atoms with E-state index in [0.29, 0.717) is 37.1 Å². The normalized spacial score (nSPS) is 24.3. The number of ether oxygens (including phenoxy) is 8. The molecular formula is C40H46O12SSe. The van der Waals surface area contributed by atoms with E-state index in [1.807, 2.05) is 103 Å². The summed E-state index contributed by atoms with van der Waals surface area (Å²) in [7, 11) is -0.162. The van der Waals surface area contributed by atoms with Gasteiger partial charge in [0.05, 0.1) is 0 Å². The van der Waals surface area contributed by atoms with Crippen LogP contribution >= 0.6 is 0 Å². The van der Waals surface area contributed by atoms with E-state index in [-0.39, 0.29) is 23.6 Å². The minimum atomic E-state index is -5.04. The van der Waals surface area contributed by atoms with Crippen LogP contribution in [-0.4, -0.2) is 85.8 Å². The van der Waals surface area contributed by atoms with Gasteiger partial charge >= 0.3 is 323 Å². The van der Waals surface area contributed by atoms with Crippen molar-refractivity contribution in [1.82, 2.24) is 0 Å². The topological polar surface area (TPSA) is 140 Å². The van der Waals surface area contributed by atoms with Crippen LogP contribution in [0.2, 0.25) is 15.5 Å². The van der Waals surface area contributed by atoms with Crippen LogP contribution < -0.4 is 14.2 Å². The fraction of sp³-hybridized carbons (Fsp3) is 0.400. The van der Waals surface area contributed by atoms with E-state index in [2.05, 4.69) is 0 Å². The van der Waals surface area contributed by atoms with Crippen LogP contribution in [-0.2, 0) is 58.1 Å². The van der Waals surface area contributed by atoms with E-state index in [9.17, 15) is 13.0 Å². The van der Waals surface area contributed by atoms with Crippen LogP contribution in [0.3, 0.4) is 0 Å². The van der Waals surface area contributed by atoms with Crippen molar-refractivity contribution < 1.29 is 55.0 Å². The molecule has 0 spiro atoms. The molecule has 0 aromatic heterocycles. The molecule has 7 atom stereocenters. The SMILES string of the molecule is COc1ccc(COC[C@@H]2[C@@H](OCc3ccc(OC)cc3)[C@H](OCc3ccc(OC)cc3)C[Se+]2C[C@H]2OC(c3ccccc3)OC[C@@H]2OS(=O)(=O)[O-])cc1. The van der Waals surface area contributed by atoms with Gasteiger partial charge in [0.2, 0.25) is 0 Å². The Morgan fingerprint density at radius 1 is 0.704 bits per heavy atom. The Morgan fingerprint density at radius 2 is 1.24 bits per heavy atom. The second-order valence-electron chi connectivity index (χ2n) is 12.9. The first-order valence-corrected chi connectivity index (χ1v) is 22.3. The van der Waals surface area contributed by atoms with Gasteiger partial charge in [0.15, 0.2) is 0 Å². The van der Waals surface area contributed by atoms with Crippen LogP contribution in [0.5, 0.6) is 17.2 Å². The average Bonchev–Trinajstić information content (AvgIpc) is 3.52. The van der Waals surface area contributed by atoms with Crippen LogP contribution in [0.15, 0.2) is 103 Å². The van der Waals surface area contributed by atoms with Gasteiger partial charge in [-0.25, -0.2) is 0 Å². The van der Waals surface area contributed by atoms with E-state index in [0.717, 1.165) is 39.5 Å². The Bertz CT molecular complexity index is 1830. The van der Waals surface area contributed by atoms with Crippen molar-refractivity contribution in [3.8, 4) is 17.2 Å². The summed E-state index contributed by atoms with van der Waals surface area (Å²) in [5.41, 5.74) is 3.71. The molecule has 290 valence electrons. The van der Waals surface area contributed by atoms with Crippen LogP contribution in [0.25, 0.3) is 0 Å². The summed E-state index contributed by atoms with van der Waals surface area (Å²) in [5.74, 6) is 2.26. The summed E-state index contributed by atoms with van der Waals surface area (Å²) in [6.07, 6.45) is -3.29. The molecule has 0 N–H and O–H groups in total. The van der Waals surface area contributed by atoms with E-state index >= 15 is 0 Å². The van der Waals surface area contributed by atoms with Crippen molar-refractivity contribution in [1.29, 1.82) is 0 Å². The van der Waals surface area contributed by atoms with Gasteiger partial charge in [-0.05, 0) is 0 Å².